The molecule has 6 heteroatoms. The highest BCUT2D eigenvalue weighted by Gasteiger charge is 2.19. The van der Waals surface area contributed by atoms with Crippen molar-refractivity contribution in [1.82, 2.24) is 0 Å². The lowest BCUT2D eigenvalue weighted by atomic mass is 10.0. The highest BCUT2D eigenvalue weighted by molar-refractivity contribution is 5.71. The van der Waals surface area contributed by atoms with E-state index in [1.54, 1.807) is 0 Å². The number of carbonyl (C=O) groups excluding carboxylic acids is 3. The van der Waals surface area contributed by atoms with Crippen LogP contribution in [0.5, 0.6) is 0 Å². The summed E-state index contributed by atoms with van der Waals surface area (Å²) in [6, 6.07) is 0. The quantitative estimate of drug-likeness (QED) is 0.0261. The molecule has 486 valence electrons. The van der Waals surface area contributed by atoms with Crippen molar-refractivity contribution in [3.8, 4) is 0 Å². The Morgan fingerprint density at radius 3 is 0.747 bits per heavy atom. The van der Waals surface area contributed by atoms with Gasteiger partial charge in [0.2, 0.25) is 0 Å². The van der Waals surface area contributed by atoms with Crippen molar-refractivity contribution in [2.45, 2.75) is 412 Å². The summed E-state index contributed by atoms with van der Waals surface area (Å²) in [5.74, 6) is -0.862. The standard InChI is InChI=1S/C77H142O6/c1-4-7-10-13-16-19-22-25-28-30-32-34-36-38-40-42-44-46-49-52-55-58-61-64-67-70-76(79)82-73-74(72-81-75(78)69-66-63-60-57-54-51-48-27-24-21-18-15-12-9-6-3)83-77(80)71-68-65-62-59-56-53-50-47-45-43-41-39-37-35-33-31-29-26-23-20-17-14-11-8-5-2/h9,12,18,21,27,30,32,48,74H,4-8,10-11,13-17,19-20,22-26,28-29,31,33-47,49-73H2,1-3H3/b12-9-,21-18-,32-30-,48-27-. The highest BCUT2D eigenvalue weighted by Crippen LogP contribution is 2.19. The summed E-state index contributed by atoms with van der Waals surface area (Å²) in [7, 11) is 0. The van der Waals surface area contributed by atoms with E-state index in [1.807, 2.05) is 0 Å². The molecule has 0 radical (unpaired) electrons. The van der Waals surface area contributed by atoms with E-state index in [0.717, 1.165) is 96.3 Å². The molecule has 0 fully saturated rings. The molecule has 0 aliphatic carbocycles. The molecule has 83 heavy (non-hydrogen) atoms. The van der Waals surface area contributed by atoms with Gasteiger partial charge in [-0.1, -0.05) is 358 Å². The molecule has 0 bridgehead atoms. The molecule has 0 N–H and O–H groups in total. The number of allylic oxidation sites excluding steroid dienone is 8. The maximum absolute atomic E-state index is 13.0. The number of unbranched alkanes of at least 4 members (excludes halogenated alkanes) is 50. The van der Waals surface area contributed by atoms with Gasteiger partial charge in [-0.3, -0.25) is 14.4 Å². The van der Waals surface area contributed by atoms with Crippen LogP contribution in [0.1, 0.15) is 406 Å². The predicted octanol–water partition coefficient (Wildman–Crippen LogP) is 25.7. The van der Waals surface area contributed by atoms with Gasteiger partial charge in [-0.05, 0) is 77.0 Å². The lowest BCUT2D eigenvalue weighted by Gasteiger charge is -2.18. The zero-order valence-electron chi connectivity index (χ0n) is 56.0. The van der Waals surface area contributed by atoms with Gasteiger partial charge in [0, 0.05) is 19.3 Å². The van der Waals surface area contributed by atoms with E-state index in [1.165, 1.54) is 270 Å². The van der Waals surface area contributed by atoms with Crippen molar-refractivity contribution in [2.75, 3.05) is 13.2 Å². The number of hydrogen-bond donors (Lipinski definition) is 0. The normalized spacial score (nSPS) is 12.3. The summed E-state index contributed by atoms with van der Waals surface area (Å²) >= 11 is 0. The fraction of sp³-hybridized carbons (Fsp3) is 0.857. The first-order valence-corrected chi connectivity index (χ1v) is 37.1. The summed E-state index contributed by atoms with van der Waals surface area (Å²) in [5.41, 5.74) is 0. The van der Waals surface area contributed by atoms with Crippen molar-refractivity contribution >= 4 is 17.9 Å². The number of esters is 3. The number of ether oxygens (including phenoxy) is 3. The van der Waals surface area contributed by atoms with E-state index in [2.05, 4.69) is 69.4 Å². The maximum Gasteiger partial charge on any atom is 0.306 e. The minimum Gasteiger partial charge on any atom is -0.462 e. The first kappa shape index (κ1) is 80.4. The average Bonchev–Trinajstić information content (AvgIpc) is 3.49. The van der Waals surface area contributed by atoms with E-state index in [4.69, 9.17) is 14.2 Å². The van der Waals surface area contributed by atoms with Crippen molar-refractivity contribution in [3.05, 3.63) is 48.6 Å². The van der Waals surface area contributed by atoms with Crippen molar-refractivity contribution in [1.29, 1.82) is 0 Å². The Kier molecular flexibility index (Phi) is 69.6. The highest BCUT2D eigenvalue weighted by atomic mass is 16.6. The second-order valence-electron chi connectivity index (χ2n) is 25.2. The number of rotatable bonds is 69. The molecule has 0 aliphatic rings. The van der Waals surface area contributed by atoms with Gasteiger partial charge in [0.05, 0.1) is 0 Å². The first-order chi connectivity index (χ1) is 41.0. The third-order valence-corrected chi connectivity index (χ3v) is 16.8. The molecule has 0 aromatic carbocycles. The van der Waals surface area contributed by atoms with Gasteiger partial charge in [0.25, 0.3) is 0 Å². The average molecular weight is 1160 g/mol. The summed E-state index contributed by atoms with van der Waals surface area (Å²) in [6.07, 6.45) is 91.6. The Bertz CT molecular complexity index is 1430. The number of carbonyl (C=O) groups is 3. The second-order valence-corrected chi connectivity index (χ2v) is 25.2. The Morgan fingerprint density at radius 1 is 0.253 bits per heavy atom. The fourth-order valence-corrected chi connectivity index (χ4v) is 11.3. The van der Waals surface area contributed by atoms with Gasteiger partial charge in [-0.2, -0.15) is 0 Å². The summed E-state index contributed by atoms with van der Waals surface area (Å²) in [5, 5.41) is 0. The molecule has 0 heterocycles. The molecule has 0 rings (SSSR count). The summed E-state index contributed by atoms with van der Waals surface area (Å²) in [4.78, 5) is 38.5. The molecule has 1 atom stereocenters. The topological polar surface area (TPSA) is 78.9 Å². The molecule has 0 aromatic heterocycles. The smallest absolute Gasteiger partial charge is 0.306 e. The lowest BCUT2D eigenvalue weighted by Crippen LogP contribution is -2.30. The molecule has 0 spiro atoms. The fourth-order valence-electron chi connectivity index (χ4n) is 11.3. The zero-order chi connectivity index (χ0) is 59.9. The van der Waals surface area contributed by atoms with Crippen LogP contribution in [0.2, 0.25) is 0 Å². The third-order valence-electron chi connectivity index (χ3n) is 16.8. The number of hydrogen-bond acceptors (Lipinski definition) is 6. The van der Waals surface area contributed by atoms with Gasteiger partial charge in [0.1, 0.15) is 13.2 Å². The van der Waals surface area contributed by atoms with E-state index in [9.17, 15) is 14.4 Å². The zero-order valence-corrected chi connectivity index (χ0v) is 56.0. The van der Waals surface area contributed by atoms with Gasteiger partial charge in [0.15, 0.2) is 6.10 Å². The van der Waals surface area contributed by atoms with E-state index < -0.39 is 6.10 Å². The molecule has 0 aliphatic heterocycles. The molecular weight excluding hydrogens is 1020 g/mol. The van der Waals surface area contributed by atoms with E-state index in [0.29, 0.717) is 19.3 Å². The Morgan fingerprint density at radius 2 is 0.470 bits per heavy atom. The minimum absolute atomic E-state index is 0.0743. The Labute approximate surface area is 518 Å². The van der Waals surface area contributed by atoms with E-state index >= 15 is 0 Å². The van der Waals surface area contributed by atoms with Crippen LogP contribution < -0.4 is 0 Å². The predicted molar refractivity (Wildman–Crippen MR) is 362 cm³/mol. The molecule has 1 unspecified atom stereocenters. The largest absolute Gasteiger partial charge is 0.462 e. The van der Waals surface area contributed by atoms with Crippen LogP contribution in [-0.2, 0) is 28.6 Å². The maximum atomic E-state index is 13.0. The van der Waals surface area contributed by atoms with Crippen molar-refractivity contribution in [2.24, 2.45) is 0 Å². The minimum atomic E-state index is -0.780. The Balaban J connectivity index is 4.25. The van der Waals surface area contributed by atoms with Crippen LogP contribution in [0.25, 0.3) is 0 Å². The molecule has 0 saturated carbocycles. The second kappa shape index (κ2) is 71.8. The van der Waals surface area contributed by atoms with Crippen LogP contribution in [0.4, 0.5) is 0 Å². The van der Waals surface area contributed by atoms with E-state index in [-0.39, 0.29) is 31.1 Å². The van der Waals surface area contributed by atoms with Gasteiger partial charge in [-0.15, -0.1) is 0 Å². The van der Waals surface area contributed by atoms with Gasteiger partial charge in [-0.25, -0.2) is 0 Å². The third kappa shape index (κ3) is 70.0. The molecular formula is C77H142O6. The molecule has 6 nitrogen and oxygen atoms in total. The van der Waals surface area contributed by atoms with Crippen molar-refractivity contribution < 1.29 is 28.6 Å². The van der Waals surface area contributed by atoms with Crippen LogP contribution in [0.3, 0.4) is 0 Å². The Hall–Kier alpha value is -2.63. The van der Waals surface area contributed by atoms with Crippen LogP contribution in [0.15, 0.2) is 48.6 Å². The van der Waals surface area contributed by atoms with Gasteiger partial charge >= 0.3 is 17.9 Å². The monoisotopic (exact) mass is 1160 g/mol. The van der Waals surface area contributed by atoms with Crippen LogP contribution in [-0.4, -0.2) is 37.2 Å². The van der Waals surface area contributed by atoms with Gasteiger partial charge < -0.3 is 14.2 Å². The van der Waals surface area contributed by atoms with Crippen LogP contribution in [0, 0.1) is 0 Å². The molecule has 0 amide bonds. The molecule has 0 saturated heterocycles. The first-order valence-electron chi connectivity index (χ1n) is 37.1. The summed E-state index contributed by atoms with van der Waals surface area (Å²) < 4.78 is 17.0. The van der Waals surface area contributed by atoms with Crippen molar-refractivity contribution in [3.63, 3.8) is 0 Å². The van der Waals surface area contributed by atoms with Crippen LogP contribution >= 0.6 is 0 Å². The SMILES string of the molecule is CC/C=C\C/C=C\C/C=C\CCCCCCCC(=O)OCC(COC(=O)CCCCCCCCCCCCCCC/C=C\CCCCCCCCCC)OC(=O)CCCCCCCCCCCCCCCCCCCCCCCCCCC. The molecule has 0 aromatic rings. The lowest BCUT2D eigenvalue weighted by molar-refractivity contribution is -0.167. The summed E-state index contributed by atoms with van der Waals surface area (Å²) in [6.45, 7) is 6.59.